The number of rotatable bonds is 6. The smallest absolute Gasteiger partial charge is 0.325 e. The number of anilines is 1. The van der Waals surface area contributed by atoms with Crippen molar-refractivity contribution in [3.8, 4) is 0 Å². The van der Waals surface area contributed by atoms with Crippen molar-refractivity contribution >= 4 is 21.5 Å². The summed E-state index contributed by atoms with van der Waals surface area (Å²) < 4.78 is 27.9. The number of nitrogens with one attached hydrogen (secondary N) is 1. The highest BCUT2D eigenvalue weighted by molar-refractivity contribution is 7.91. The number of hydrogen-bond donors (Lipinski definition) is 1. The molecule has 0 saturated carbocycles. The molecule has 1 rings (SSSR count). The Morgan fingerprint density at radius 2 is 1.83 bits per heavy atom. The first-order chi connectivity index (χ1) is 8.49. The summed E-state index contributed by atoms with van der Waals surface area (Å²) in [5.74, 6) is -0.273. The third-order valence-corrected chi connectivity index (χ3v) is 4.09. The molecular formula is C12H17NO4S. The van der Waals surface area contributed by atoms with Gasteiger partial charge in [-0.05, 0) is 31.2 Å². The lowest BCUT2D eigenvalue weighted by atomic mass is 10.3. The molecule has 0 amide bonds. The Morgan fingerprint density at radius 3 is 2.33 bits per heavy atom. The van der Waals surface area contributed by atoms with E-state index in [1.54, 1.807) is 26.0 Å². The SMILES string of the molecule is CCOC(=O)CNc1ccc(S(=O)(=O)CC)cc1. The van der Waals surface area contributed by atoms with Crippen molar-refractivity contribution < 1.29 is 17.9 Å². The predicted octanol–water partition coefficient (Wildman–Crippen LogP) is 1.46. The third kappa shape index (κ3) is 4.03. The van der Waals surface area contributed by atoms with Gasteiger partial charge < -0.3 is 10.1 Å². The van der Waals surface area contributed by atoms with Crippen molar-refractivity contribution in [3.63, 3.8) is 0 Å². The van der Waals surface area contributed by atoms with Crippen LogP contribution >= 0.6 is 0 Å². The molecule has 0 heterocycles. The Hall–Kier alpha value is -1.56. The molecule has 0 unspecified atom stereocenters. The van der Waals surface area contributed by atoms with Crippen molar-refractivity contribution in [2.45, 2.75) is 18.7 Å². The zero-order valence-corrected chi connectivity index (χ0v) is 11.3. The van der Waals surface area contributed by atoms with Crippen molar-refractivity contribution in [2.75, 3.05) is 24.2 Å². The molecule has 0 aliphatic rings. The van der Waals surface area contributed by atoms with E-state index in [9.17, 15) is 13.2 Å². The summed E-state index contributed by atoms with van der Waals surface area (Å²) in [5, 5.41) is 2.86. The molecular weight excluding hydrogens is 254 g/mol. The van der Waals surface area contributed by atoms with Crippen LogP contribution in [0.1, 0.15) is 13.8 Å². The number of carbonyl (C=O) groups is 1. The molecule has 0 saturated heterocycles. The van der Waals surface area contributed by atoms with E-state index in [0.717, 1.165) is 0 Å². The van der Waals surface area contributed by atoms with E-state index in [-0.39, 0.29) is 23.2 Å². The summed E-state index contributed by atoms with van der Waals surface area (Å²) in [6, 6.07) is 6.29. The molecule has 18 heavy (non-hydrogen) atoms. The van der Waals surface area contributed by atoms with E-state index >= 15 is 0 Å². The van der Waals surface area contributed by atoms with Gasteiger partial charge >= 0.3 is 5.97 Å². The number of ether oxygens (including phenoxy) is 1. The van der Waals surface area contributed by atoms with Gasteiger partial charge in [-0.2, -0.15) is 0 Å². The summed E-state index contributed by atoms with van der Waals surface area (Å²) in [5.41, 5.74) is 0.679. The van der Waals surface area contributed by atoms with Gasteiger partial charge in [-0.25, -0.2) is 8.42 Å². The molecule has 0 radical (unpaired) electrons. The molecule has 1 N–H and O–H groups in total. The van der Waals surface area contributed by atoms with E-state index in [1.807, 2.05) is 0 Å². The summed E-state index contributed by atoms with van der Waals surface area (Å²) in [6.07, 6.45) is 0. The van der Waals surface area contributed by atoms with E-state index in [0.29, 0.717) is 12.3 Å². The second kappa shape index (κ2) is 6.39. The maximum absolute atomic E-state index is 11.6. The van der Waals surface area contributed by atoms with Gasteiger partial charge in [0.05, 0.1) is 17.3 Å². The number of benzene rings is 1. The highest BCUT2D eigenvalue weighted by atomic mass is 32.2. The minimum absolute atomic E-state index is 0.0632. The molecule has 0 bridgehead atoms. The zero-order valence-electron chi connectivity index (χ0n) is 10.5. The van der Waals surface area contributed by atoms with Crippen molar-refractivity contribution in [1.82, 2.24) is 0 Å². The van der Waals surface area contributed by atoms with Gasteiger partial charge in [-0.1, -0.05) is 6.92 Å². The number of hydrogen-bond acceptors (Lipinski definition) is 5. The maximum atomic E-state index is 11.6. The fraction of sp³-hybridized carbons (Fsp3) is 0.417. The van der Waals surface area contributed by atoms with Gasteiger partial charge in [0, 0.05) is 5.69 Å². The van der Waals surface area contributed by atoms with Crippen LogP contribution in [0.3, 0.4) is 0 Å². The molecule has 0 spiro atoms. The average Bonchev–Trinajstić information content (AvgIpc) is 2.37. The summed E-state index contributed by atoms with van der Waals surface area (Å²) in [7, 11) is -3.17. The van der Waals surface area contributed by atoms with E-state index < -0.39 is 9.84 Å². The van der Waals surface area contributed by atoms with Crippen LogP contribution in [-0.2, 0) is 19.4 Å². The number of carbonyl (C=O) groups excluding carboxylic acids is 1. The van der Waals surface area contributed by atoms with E-state index in [4.69, 9.17) is 4.74 Å². The Morgan fingerprint density at radius 1 is 1.22 bits per heavy atom. The van der Waals surface area contributed by atoms with Crippen molar-refractivity contribution in [3.05, 3.63) is 24.3 Å². The lowest BCUT2D eigenvalue weighted by molar-refractivity contribution is -0.140. The van der Waals surface area contributed by atoms with Crippen molar-refractivity contribution in [1.29, 1.82) is 0 Å². The second-order valence-corrected chi connectivity index (χ2v) is 5.86. The Balaban J connectivity index is 2.64. The topological polar surface area (TPSA) is 72.5 Å². The van der Waals surface area contributed by atoms with Crippen LogP contribution in [0.5, 0.6) is 0 Å². The summed E-state index contributed by atoms with van der Waals surface area (Å²) in [4.78, 5) is 11.4. The molecule has 0 aliphatic heterocycles. The van der Waals surface area contributed by atoms with Crippen LogP contribution in [0.25, 0.3) is 0 Å². The van der Waals surface area contributed by atoms with Crippen molar-refractivity contribution in [2.24, 2.45) is 0 Å². The maximum Gasteiger partial charge on any atom is 0.325 e. The highest BCUT2D eigenvalue weighted by Gasteiger charge is 2.10. The molecule has 6 heteroatoms. The summed E-state index contributed by atoms with van der Waals surface area (Å²) >= 11 is 0. The fourth-order valence-electron chi connectivity index (χ4n) is 1.33. The van der Waals surface area contributed by atoms with Gasteiger partial charge in [0.25, 0.3) is 0 Å². The lowest BCUT2D eigenvalue weighted by Gasteiger charge is -2.07. The number of sulfone groups is 1. The molecule has 0 aromatic heterocycles. The minimum atomic E-state index is -3.17. The predicted molar refractivity (Wildman–Crippen MR) is 69.3 cm³/mol. The largest absolute Gasteiger partial charge is 0.465 e. The van der Waals surface area contributed by atoms with Gasteiger partial charge in [-0.15, -0.1) is 0 Å². The lowest BCUT2D eigenvalue weighted by Crippen LogP contribution is -2.16. The Labute approximate surface area is 107 Å². The standard InChI is InChI=1S/C12H17NO4S/c1-3-17-12(14)9-13-10-5-7-11(8-6-10)18(15,16)4-2/h5-8,13H,3-4,9H2,1-2H3. The average molecular weight is 271 g/mol. The molecule has 1 aromatic rings. The minimum Gasteiger partial charge on any atom is -0.465 e. The molecule has 0 aliphatic carbocycles. The van der Waals surface area contributed by atoms with E-state index in [2.05, 4.69) is 5.32 Å². The number of esters is 1. The second-order valence-electron chi connectivity index (χ2n) is 3.59. The van der Waals surface area contributed by atoms with Crippen LogP contribution in [0, 0.1) is 0 Å². The molecule has 1 aromatic carbocycles. The molecule has 100 valence electrons. The van der Waals surface area contributed by atoms with E-state index in [1.165, 1.54) is 12.1 Å². The molecule has 5 nitrogen and oxygen atoms in total. The Bertz CT molecular complexity index is 493. The Kier molecular flexibility index (Phi) is 5.15. The van der Waals surface area contributed by atoms with Gasteiger partial charge in [0.2, 0.25) is 0 Å². The van der Waals surface area contributed by atoms with Crippen LogP contribution < -0.4 is 5.32 Å². The summed E-state index contributed by atoms with van der Waals surface area (Å²) in [6.45, 7) is 3.74. The zero-order chi connectivity index (χ0) is 13.6. The fourth-order valence-corrected chi connectivity index (χ4v) is 2.22. The quantitative estimate of drug-likeness (QED) is 0.793. The van der Waals surface area contributed by atoms with Crippen LogP contribution in [0.15, 0.2) is 29.2 Å². The van der Waals surface area contributed by atoms with Gasteiger partial charge in [0.1, 0.15) is 6.54 Å². The first kappa shape index (κ1) is 14.5. The first-order valence-corrected chi connectivity index (χ1v) is 7.37. The third-order valence-electron chi connectivity index (χ3n) is 2.34. The van der Waals surface area contributed by atoms with Gasteiger partial charge in [0.15, 0.2) is 9.84 Å². The first-order valence-electron chi connectivity index (χ1n) is 5.72. The van der Waals surface area contributed by atoms with Crippen LogP contribution in [0.4, 0.5) is 5.69 Å². The van der Waals surface area contributed by atoms with Crippen LogP contribution in [0.2, 0.25) is 0 Å². The molecule has 0 fully saturated rings. The monoisotopic (exact) mass is 271 g/mol. The normalized spacial score (nSPS) is 11.0. The van der Waals surface area contributed by atoms with Crippen LogP contribution in [-0.4, -0.2) is 33.3 Å². The van der Waals surface area contributed by atoms with Gasteiger partial charge in [-0.3, -0.25) is 4.79 Å². The highest BCUT2D eigenvalue weighted by Crippen LogP contribution is 2.15. The molecule has 0 atom stereocenters.